The molecule has 0 saturated heterocycles. The van der Waals surface area contributed by atoms with Crippen molar-refractivity contribution in [3.8, 4) is 11.8 Å². The highest BCUT2D eigenvalue weighted by atomic mass is 32.2. The van der Waals surface area contributed by atoms with Gasteiger partial charge in [0.1, 0.15) is 17.5 Å². The summed E-state index contributed by atoms with van der Waals surface area (Å²) in [6.07, 6.45) is -1.35. The molecule has 0 aliphatic carbocycles. The number of aryl methyl sites for hydroxylation is 1. The number of hydrogen-bond acceptors (Lipinski definition) is 7. The van der Waals surface area contributed by atoms with Gasteiger partial charge >= 0.3 is 6.09 Å². The predicted molar refractivity (Wildman–Crippen MR) is 130 cm³/mol. The van der Waals surface area contributed by atoms with Crippen LogP contribution in [0.3, 0.4) is 0 Å². The maximum atomic E-state index is 13.7. The van der Waals surface area contributed by atoms with E-state index in [1.54, 1.807) is 45.9 Å². The second-order valence-corrected chi connectivity index (χ2v) is 11.0. The first-order valence-corrected chi connectivity index (χ1v) is 12.3. The summed E-state index contributed by atoms with van der Waals surface area (Å²) in [5.41, 5.74) is 0.703. The van der Waals surface area contributed by atoms with Crippen molar-refractivity contribution in [2.45, 2.75) is 51.2 Å². The molecule has 2 N–H and O–H groups in total. The summed E-state index contributed by atoms with van der Waals surface area (Å²) in [6, 6.07) is 10.9. The van der Waals surface area contributed by atoms with E-state index >= 15 is 0 Å². The Kier molecular flexibility index (Phi) is 7.26. The Labute approximate surface area is 204 Å². The lowest BCUT2D eigenvalue weighted by Crippen LogP contribution is -2.48. The van der Waals surface area contributed by atoms with Gasteiger partial charge in [-0.05, 0) is 63.6 Å². The van der Waals surface area contributed by atoms with Crippen LogP contribution in [0, 0.1) is 18.3 Å². The zero-order valence-electron chi connectivity index (χ0n) is 20.2. The average molecular weight is 501 g/mol. The normalized spacial score (nSPS) is 15.3. The van der Waals surface area contributed by atoms with Crippen molar-refractivity contribution < 1.29 is 27.5 Å². The molecule has 186 valence electrons. The van der Waals surface area contributed by atoms with Gasteiger partial charge in [-0.2, -0.15) is 5.26 Å². The van der Waals surface area contributed by atoms with Gasteiger partial charge in [-0.1, -0.05) is 6.07 Å². The molecule has 2 amide bonds. The van der Waals surface area contributed by atoms with E-state index in [0.717, 1.165) is 4.31 Å². The van der Waals surface area contributed by atoms with Crippen LogP contribution in [0.2, 0.25) is 0 Å². The maximum absolute atomic E-state index is 13.7. The number of nitrogens with one attached hydrogen (secondary N) is 2. The summed E-state index contributed by atoms with van der Waals surface area (Å²) in [5, 5.41) is 14.6. The molecule has 1 heterocycles. The molecular formula is C24H28N4O6S. The first-order valence-electron chi connectivity index (χ1n) is 10.9. The summed E-state index contributed by atoms with van der Waals surface area (Å²) >= 11 is 0. The number of nitrogens with zero attached hydrogens (tertiary/aromatic N) is 2. The monoisotopic (exact) mass is 500 g/mol. The van der Waals surface area contributed by atoms with Crippen LogP contribution in [0.1, 0.15) is 38.8 Å². The number of anilines is 2. The van der Waals surface area contributed by atoms with Crippen LogP contribution < -0.4 is 19.7 Å². The number of benzene rings is 2. The minimum absolute atomic E-state index is 0.0590. The van der Waals surface area contributed by atoms with E-state index in [-0.39, 0.29) is 40.9 Å². The molecule has 2 aromatic carbocycles. The van der Waals surface area contributed by atoms with Gasteiger partial charge < -0.3 is 14.8 Å². The van der Waals surface area contributed by atoms with Crippen LogP contribution in [0.5, 0.6) is 5.75 Å². The van der Waals surface area contributed by atoms with Crippen molar-refractivity contribution in [1.29, 1.82) is 5.26 Å². The molecule has 0 radical (unpaired) electrons. The number of carbonyl (C=O) groups is 2. The summed E-state index contributed by atoms with van der Waals surface area (Å²) in [5.74, 6) is -0.0135. The second kappa shape index (κ2) is 9.84. The zero-order valence-corrected chi connectivity index (χ0v) is 21.0. The molecular weight excluding hydrogens is 472 g/mol. The Balaban J connectivity index is 2.03. The van der Waals surface area contributed by atoms with Gasteiger partial charge in [0.15, 0.2) is 0 Å². The van der Waals surface area contributed by atoms with Crippen molar-refractivity contribution in [2.75, 3.05) is 22.7 Å². The lowest BCUT2D eigenvalue weighted by atomic mass is 10.1. The fourth-order valence-electron chi connectivity index (χ4n) is 3.41. The van der Waals surface area contributed by atoms with E-state index in [1.165, 1.54) is 25.1 Å². The van der Waals surface area contributed by atoms with Gasteiger partial charge in [0.2, 0.25) is 5.91 Å². The summed E-state index contributed by atoms with van der Waals surface area (Å²) < 4.78 is 39.8. The summed E-state index contributed by atoms with van der Waals surface area (Å²) in [7, 11) is -4.12. The third-order valence-electron chi connectivity index (χ3n) is 5.03. The van der Waals surface area contributed by atoms with E-state index in [1.807, 2.05) is 6.07 Å². The Morgan fingerprint density at radius 3 is 2.57 bits per heavy atom. The molecule has 0 fully saturated rings. The average Bonchev–Trinajstić information content (AvgIpc) is 2.76. The van der Waals surface area contributed by atoms with Crippen molar-refractivity contribution in [3.63, 3.8) is 0 Å². The van der Waals surface area contributed by atoms with Gasteiger partial charge in [0.25, 0.3) is 10.0 Å². The number of hydrogen-bond donors (Lipinski definition) is 2. The van der Waals surface area contributed by atoms with E-state index in [2.05, 4.69) is 10.6 Å². The molecule has 3 rings (SSSR count). The number of fused-ring (bicyclic) bond motifs is 1. The summed E-state index contributed by atoms with van der Waals surface area (Å²) in [6.45, 7) is 8.26. The third-order valence-corrected chi connectivity index (χ3v) is 6.81. The first kappa shape index (κ1) is 25.8. The molecule has 2 aromatic rings. The van der Waals surface area contributed by atoms with Gasteiger partial charge in [-0.3, -0.25) is 14.4 Å². The van der Waals surface area contributed by atoms with Gasteiger partial charge in [0.05, 0.1) is 35.3 Å². The minimum atomic E-state index is -4.12. The van der Waals surface area contributed by atoms with Crippen molar-refractivity contribution in [3.05, 3.63) is 47.5 Å². The van der Waals surface area contributed by atoms with Crippen LogP contribution in [0.25, 0.3) is 0 Å². The second-order valence-electron chi connectivity index (χ2n) is 9.11. The number of amides is 2. The fourth-order valence-corrected chi connectivity index (χ4v) is 4.94. The molecule has 1 atom stereocenters. The quantitative estimate of drug-likeness (QED) is 0.642. The van der Waals surface area contributed by atoms with Crippen LogP contribution >= 0.6 is 0 Å². The lowest BCUT2D eigenvalue weighted by molar-refractivity contribution is -0.119. The van der Waals surface area contributed by atoms with Crippen LogP contribution in [-0.2, 0) is 19.6 Å². The van der Waals surface area contributed by atoms with E-state index in [9.17, 15) is 23.3 Å². The predicted octanol–water partition coefficient (Wildman–Crippen LogP) is 3.31. The van der Waals surface area contributed by atoms with Gasteiger partial charge in [-0.25, -0.2) is 13.2 Å². The molecule has 0 spiro atoms. The molecule has 35 heavy (non-hydrogen) atoms. The highest BCUT2D eigenvalue weighted by molar-refractivity contribution is 7.92. The molecule has 0 bridgehead atoms. The highest BCUT2D eigenvalue weighted by Crippen LogP contribution is 2.39. The largest absolute Gasteiger partial charge is 0.484 e. The number of sulfonamides is 1. The Morgan fingerprint density at radius 1 is 1.23 bits per heavy atom. The molecule has 10 nitrogen and oxygen atoms in total. The van der Waals surface area contributed by atoms with Gasteiger partial charge in [-0.15, -0.1) is 0 Å². The van der Waals surface area contributed by atoms with Crippen molar-refractivity contribution in [1.82, 2.24) is 5.32 Å². The number of ether oxygens (including phenoxy) is 2. The highest BCUT2D eigenvalue weighted by Gasteiger charge is 2.35. The minimum Gasteiger partial charge on any atom is -0.484 e. The maximum Gasteiger partial charge on any atom is 0.412 e. The van der Waals surface area contributed by atoms with E-state index < -0.39 is 27.8 Å². The SMILES string of the molecule is CC(=O)NCC1CN(S(=O)(=O)c2ccc(C)c(C#N)c2)c2cc(NC(=O)OC(C)(C)C)ccc2O1. The van der Waals surface area contributed by atoms with Crippen LogP contribution in [0.15, 0.2) is 41.3 Å². The topological polar surface area (TPSA) is 138 Å². The molecule has 0 aromatic heterocycles. The summed E-state index contributed by atoms with van der Waals surface area (Å²) in [4.78, 5) is 23.6. The lowest BCUT2D eigenvalue weighted by Gasteiger charge is -2.36. The standard InChI is InChI=1S/C24H28N4O6S/c1-15-6-8-20(10-17(15)12-25)35(31,32)28-14-19(13-26-16(2)29)33-22-9-7-18(11-21(22)28)27-23(30)34-24(3,4)5/h6-11,19H,13-14H2,1-5H3,(H,26,29)(H,27,30). The van der Waals surface area contributed by atoms with Crippen LogP contribution in [0.4, 0.5) is 16.2 Å². The Bertz CT molecular complexity index is 1290. The molecule has 0 saturated carbocycles. The number of nitriles is 1. The Morgan fingerprint density at radius 2 is 1.94 bits per heavy atom. The zero-order chi connectivity index (χ0) is 26.0. The molecule has 11 heteroatoms. The van der Waals surface area contributed by atoms with Crippen molar-refractivity contribution in [2.24, 2.45) is 0 Å². The van der Waals surface area contributed by atoms with E-state index in [4.69, 9.17) is 9.47 Å². The van der Waals surface area contributed by atoms with E-state index in [0.29, 0.717) is 11.3 Å². The number of rotatable bonds is 5. The first-order chi connectivity index (χ1) is 16.3. The van der Waals surface area contributed by atoms with Crippen LogP contribution in [-0.4, -0.2) is 45.2 Å². The molecule has 1 aliphatic heterocycles. The third kappa shape index (κ3) is 6.22. The molecule has 1 aliphatic rings. The Hall–Kier alpha value is -3.78. The fraction of sp³-hybridized carbons (Fsp3) is 0.375. The smallest absolute Gasteiger partial charge is 0.412 e. The van der Waals surface area contributed by atoms with Gasteiger partial charge in [0, 0.05) is 12.6 Å². The van der Waals surface area contributed by atoms with Crippen molar-refractivity contribution >= 4 is 33.4 Å². The number of carbonyl (C=O) groups excluding carboxylic acids is 2. The molecule has 1 unspecified atom stereocenters.